The van der Waals surface area contributed by atoms with E-state index < -0.39 is 23.4 Å². The number of fused-ring (bicyclic) bond motifs is 1. The molecule has 0 aliphatic carbocycles. The molecule has 1 atom stereocenters. The predicted octanol–water partition coefficient (Wildman–Crippen LogP) is 3.20. The van der Waals surface area contributed by atoms with E-state index in [-0.39, 0.29) is 11.1 Å². The van der Waals surface area contributed by atoms with Gasteiger partial charge in [0.1, 0.15) is 11.4 Å². The van der Waals surface area contributed by atoms with Crippen LogP contribution in [0.2, 0.25) is 0 Å². The van der Waals surface area contributed by atoms with Gasteiger partial charge < -0.3 is 5.32 Å². The average molecular weight is 482 g/mol. The average Bonchev–Trinajstić information content (AvgIpc) is 3.14. The van der Waals surface area contributed by atoms with Crippen LogP contribution in [0.4, 0.5) is 4.79 Å². The van der Waals surface area contributed by atoms with E-state index in [1.54, 1.807) is 68.4 Å². The molecule has 1 saturated heterocycles. The molecule has 0 radical (unpaired) electrons. The third-order valence-electron chi connectivity index (χ3n) is 6.43. The van der Waals surface area contributed by atoms with E-state index in [4.69, 9.17) is 0 Å². The Bertz CT molecular complexity index is 1560. The van der Waals surface area contributed by atoms with Gasteiger partial charge in [0.15, 0.2) is 0 Å². The Morgan fingerprint density at radius 2 is 1.61 bits per heavy atom. The van der Waals surface area contributed by atoms with Crippen molar-refractivity contribution >= 4 is 28.7 Å². The third kappa shape index (κ3) is 3.61. The first-order valence-corrected chi connectivity index (χ1v) is 11.5. The van der Waals surface area contributed by atoms with Gasteiger partial charge in [0, 0.05) is 5.56 Å². The summed E-state index contributed by atoms with van der Waals surface area (Å²) < 4.78 is 1.47. The smallest absolute Gasteiger partial charge is 0.318 e. The van der Waals surface area contributed by atoms with Crippen LogP contribution < -0.4 is 16.3 Å². The van der Waals surface area contributed by atoms with Crippen LogP contribution in [0.25, 0.3) is 16.6 Å². The van der Waals surface area contributed by atoms with E-state index in [2.05, 4.69) is 15.7 Å². The number of nitrogens with one attached hydrogen (secondary N) is 2. The Balaban J connectivity index is 1.40. The number of aryl methyl sites for hydroxylation is 1. The van der Waals surface area contributed by atoms with Crippen molar-refractivity contribution in [2.24, 2.45) is 0 Å². The summed E-state index contributed by atoms with van der Waals surface area (Å²) in [6, 6.07) is 21.6. The summed E-state index contributed by atoms with van der Waals surface area (Å²) in [7, 11) is 0. The van der Waals surface area contributed by atoms with Gasteiger partial charge in [0.05, 0.1) is 16.6 Å². The minimum absolute atomic E-state index is 0.215. The van der Waals surface area contributed by atoms with E-state index in [9.17, 15) is 19.2 Å². The molecule has 1 aromatic heterocycles. The molecule has 2 heterocycles. The van der Waals surface area contributed by atoms with Crippen LogP contribution in [0.3, 0.4) is 0 Å². The van der Waals surface area contributed by atoms with Gasteiger partial charge in [-0.1, -0.05) is 49.4 Å². The maximum atomic E-state index is 13.2. The lowest BCUT2D eigenvalue weighted by Gasteiger charge is -2.25. The molecular formula is C27H23N5O4. The fourth-order valence-electron chi connectivity index (χ4n) is 4.51. The van der Waals surface area contributed by atoms with Crippen LogP contribution >= 0.6 is 0 Å². The molecule has 9 heteroatoms. The minimum Gasteiger partial charge on any atom is -0.318 e. The van der Waals surface area contributed by atoms with Crippen molar-refractivity contribution < 1.29 is 14.4 Å². The number of hydrazine groups is 1. The summed E-state index contributed by atoms with van der Waals surface area (Å²) in [5.41, 5.74) is 2.94. The molecule has 180 valence electrons. The van der Waals surface area contributed by atoms with Crippen molar-refractivity contribution in [1.29, 1.82) is 0 Å². The molecule has 3 aromatic carbocycles. The number of benzene rings is 3. The summed E-state index contributed by atoms with van der Waals surface area (Å²) in [6.07, 6.45) is 0.316. The Morgan fingerprint density at radius 3 is 2.31 bits per heavy atom. The van der Waals surface area contributed by atoms with Gasteiger partial charge in [0.25, 0.3) is 17.4 Å². The van der Waals surface area contributed by atoms with E-state index in [1.165, 1.54) is 16.7 Å². The first-order chi connectivity index (χ1) is 17.4. The number of hydrogen-bond acceptors (Lipinski definition) is 5. The molecule has 1 aliphatic rings. The van der Waals surface area contributed by atoms with Crippen LogP contribution in [-0.4, -0.2) is 32.4 Å². The van der Waals surface area contributed by atoms with Gasteiger partial charge in [-0.05, 0) is 55.3 Å². The lowest BCUT2D eigenvalue weighted by Crippen LogP contribution is -2.48. The van der Waals surface area contributed by atoms with E-state index in [0.717, 1.165) is 0 Å². The maximum absolute atomic E-state index is 13.2. The number of para-hydroxylation sites is 1. The van der Waals surface area contributed by atoms with Crippen LogP contribution in [-0.2, 0) is 10.3 Å². The second-order valence-electron chi connectivity index (χ2n) is 8.50. The summed E-state index contributed by atoms with van der Waals surface area (Å²) in [5, 5.41) is 3.93. The van der Waals surface area contributed by atoms with Gasteiger partial charge in [0.2, 0.25) is 0 Å². The number of urea groups is 1. The highest BCUT2D eigenvalue weighted by Crippen LogP contribution is 2.31. The zero-order valence-corrected chi connectivity index (χ0v) is 19.7. The highest BCUT2D eigenvalue weighted by atomic mass is 16.2. The highest BCUT2D eigenvalue weighted by molar-refractivity contribution is 6.09. The van der Waals surface area contributed by atoms with Gasteiger partial charge in [-0.2, -0.15) is 5.01 Å². The van der Waals surface area contributed by atoms with Crippen molar-refractivity contribution in [3.63, 3.8) is 0 Å². The summed E-state index contributed by atoms with van der Waals surface area (Å²) >= 11 is 0. The van der Waals surface area contributed by atoms with Crippen molar-refractivity contribution in [2.45, 2.75) is 25.8 Å². The molecule has 36 heavy (non-hydrogen) atoms. The fraction of sp³-hybridized carbons (Fsp3) is 0.148. The second kappa shape index (κ2) is 8.77. The van der Waals surface area contributed by atoms with Gasteiger partial charge in [-0.25, -0.2) is 9.78 Å². The first kappa shape index (κ1) is 23.0. The van der Waals surface area contributed by atoms with E-state index in [1.807, 2.05) is 12.1 Å². The highest BCUT2D eigenvalue weighted by Gasteiger charge is 2.52. The van der Waals surface area contributed by atoms with Crippen molar-refractivity contribution in [3.05, 3.63) is 106 Å². The van der Waals surface area contributed by atoms with E-state index >= 15 is 0 Å². The van der Waals surface area contributed by atoms with Gasteiger partial charge in [-0.3, -0.25) is 24.4 Å². The molecule has 9 nitrogen and oxygen atoms in total. The standard InChI is InChI=1S/C27H23N5O4/c1-3-27(19-9-5-4-6-10-19)25(35)32(26(36)29-27)30-23(33)18-13-15-20(16-14-18)31-17(2)28-22-12-8-7-11-21(22)24(31)34/h4-16H,3H2,1-2H3,(H,29,36)(H,30,33)/t27-/m1/s1. The topological polar surface area (TPSA) is 113 Å². The molecule has 1 aliphatic heterocycles. The zero-order chi connectivity index (χ0) is 25.4. The molecule has 5 rings (SSSR count). The normalized spacial score (nSPS) is 17.3. The van der Waals surface area contributed by atoms with Crippen LogP contribution in [0.15, 0.2) is 83.7 Å². The Kier molecular flexibility index (Phi) is 5.60. The molecule has 4 aromatic rings. The number of imide groups is 1. The maximum Gasteiger partial charge on any atom is 0.344 e. The first-order valence-electron chi connectivity index (χ1n) is 11.5. The van der Waals surface area contributed by atoms with Gasteiger partial charge in [-0.15, -0.1) is 0 Å². The van der Waals surface area contributed by atoms with Crippen molar-refractivity contribution in [2.75, 3.05) is 0 Å². The summed E-state index contributed by atoms with van der Waals surface area (Å²) in [4.78, 5) is 56.3. The molecule has 1 fully saturated rings. The number of nitrogens with zero attached hydrogens (tertiary/aromatic N) is 3. The number of carbonyl (C=O) groups excluding carboxylic acids is 3. The van der Waals surface area contributed by atoms with Gasteiger partial charge >= 0.3 is 6.03 Å². The van der Waals surface area contributed by atoms with Crippen LogP contribution in [0.1, 0.15) is 35.1 Å². The molecule has 0 unspecified atom stereocenters. The number of carbonyl (C=O) groups is 3. The lowest BCUT2D eigenvalue weighted by molar-refractivity contribution is -0.133. The fourth-order valence-corrected chi connectivity index (χ4v) is 4.51. The molecule has 4 amide bonds. The Hall–Kier alpha value is -4.79. The van der Waals surface area contributed by atoms with Crippen LogP contribution in [0, 0.1) is 6.92 Å². The minimum atomic E-state index is -1.25. The Labute approximate surface area is 206 Å². The predicted molar refractivity (Wildman–Crippen MR) is 133 cm³/mol. The van der Waals surface area contributed by atoms with Crippen LogP contribution in [0.5, 0.6) is 0 Å². The molecule has 0 saturated carbocycles. The van der Waals surface area contributed by atoms with Crippen molar-refractivity contribution in [1.82, 2.24) is 25.3 Å². The number of rotatable bonds is 5. The molecule has 0 spiro atoms. The summed E-state index contributed by atoms with van der Waals surface area (Å²) in [6.45, 7) is 3.53. The molecule has 0 bridgehead atoms. The lowest BCUT2D eigenvalue weighted by atomic mass is 9.87. The second-order valence-corrected chi connectivity index (χ2v) is 8.50. The number of hydrogen-bond donors (Lipinski definition) is 2. The van der Waals surface area contributed by atoms with E-state index in [0.29, 0.717) is 39.4 Å². The SMILES string of the molecule is CC[C@]1(c2ccccc2)NC(=O)N(NC(=O)c2ccc(-n3c(C)nc4ccccc4c3=O)cc2)C1=O. The number of aromatic nitrogens is 2. The Morgan fingerprint density at radius 1 is 0.944 bits per heavy atom. The largest absolute Gasteiger partial charge is 0.344 e. The molecular weight excluding hydrogens is 458 g/mol. The number of amides is 4. The monoisotopic (exact) mass is 481 g/mol. The quantitative estimate of drug-likeness (QED) is 0.425. The van der Waals surface area contributed by atoms with Crippen molar-refractivity contribution in [3.8, 4) is 5.69 Å². The molecule has 2 N–H and O–H groups in total. The summed E-state index contributed by atoms with van der Waals surface area (Å²) in [5.74, 6) is -0.687. The third-order valence-corrected chi connectivity index (χ3v) is 6.43. The zero-order valence-electron chi connectivity index (χ0n) is 19.7.